The second kappa shape index (κ2) is 6.00. The molecule has 0 radical (unpaired) electrons. The molecule has 0 fully saturated rings. The Labute approximate surface area is 109 Å². The Hall–Kier alpha value is -1.10. The van der Waals surface area contributed by atoms with Crippen LogP contribution in [0.3, 0.4) is 0 Å². The molecule has 2 aromatic heterocycles. The van der Waals surface area contributed by atoms with E-state index in [2.05, 4.69) is 16.4 Å². The zero-order valence-electron chi connectivity index (χ0n) is 9.23. The molecule has 2 aromatic rings. The first kappa shape index (κ1) is 12.4. The van der Waals surface area contributed by atoms with Gasteiger partial charge in [0.1, 0.15) is 5.82 Å². The molecule has 0 bridgehead atoms. The van der Waals surface area contributed by atoms with E-state index in [9.17, 15) is 0 Å². The van der Waals surface area contributed by atoms with Gasteiger partial charge in [-0.3, -0.25) is 0 Å². The predicted molar refractivity (Wildman–Crippen MR) is 71.3 cm³/mol. The number of pyridine rings is 1. The summed E-state index contributed by atoms with van der Waals surface area (Å²) in [5.41, 5.74) is 6.28. The Morgan fingerprint density at radius 1 is 1.35 bits per heavy atom. The third-order valence-corrected chi connectivity index (χ3v) is 3.53. The lowest BCUT2D eigenvalue weighted by molar-refractivity contribution is 0.122. The van der Waals surface area contributed by atoms with Crippen LogP contribution < -0.4 is 5.73 Å². The summed E-state index contributed by atoms with van der Waals surface area (Å²) in [5.74, 6) is 0.464. The first-order valence-corrected chi connectivity index (χ1v) is 6.52. The summed E-state index contributed by atoms with van der Waals surface area (Å²) < 4.78 is 5.53. The van der Waals surface area contributed by atoms with E-state index < -0.39 is 0 Å². The maximum absolute atomic E-state index is 5.98. The number of nitrogens with two attached hydrogens (primary N) is 1. The van der Waals surface area contributed by atoms with Gasteiger partial charge in [0.05, 0.1) is 23.9 Å². The van der Waals surface area contributed by atoms with Crippen molar-refractivity contribution < 1.29 is 4.74 Å². The van der Waals surface area contributed by atoms with Gasteiger partial charge in [-0.2, -0.15) is 0 Å². The average molecular weight is 269 g/mol. The van der Waals surface area contributed by atoms with Crippen molar-refractivity contribution in [3.63, 3.8) is 0 Å². The van der Waals surface area contributed by atoms with Crippen molar-refractivity contribution in [2.75, 3.05) is 12.3 Å². The fourth-order valence-corrected chi connectivity index (χ4v) is 2.25. The first-order chi connectivity index (χ1) is 8.25. The summed E-state index contributed by atoms with van der Waals surface area (Å²) in [6, 6.07) is 7.55. The highest BCUT2D eigenvalue weighted by Crippen LogP contribution is 2.16. The molecule has 0 saturated carbocycles. The second-order valence-corrected chi connectivity index (χ2v) is 4.99. The molecule has 2 heterocycles. The highest BCUT2D eigenvalue weighted by molar-refractivity contribution is 7.09. The van der Waals surface area contributed by atoms with Gasteiger partial charge in [-0.15, -0.1) is 11.3 Å². The minimum atomic E-state index is 0.398. The third-order valence-electron chi connectivity index (χ3n) is 2.25. The maximum atomic E-state index is 5.98. The number of anilines is 1. The van der Waals surface area contributed by atoms with Crippen molar-refractivity contribution in [3.05, 3.63) is 45.2 Å². The minimum Gasteiger partial charge on any atom is -0.384 e. The van der Waals surface area contributed by atoms with Gasteiger partial charge in [0.2, 0.25) is 0 Å². The number of rotatable bonds is 5. The number of nitrogens with zero attached hydrogens (tertiary/aromatic N) is 1. The van der Waals surface area contributed by atoms with Crippen LogP contribution >= 0.6 is 22.9 Å². The maximum Gasteiger partial charge on any atom is 0.123 e. The first-order valence-electron chi connectivity index (χ1n) is 5.27. The quantitative estimate of drug-likeness (QED) is 0.848. The van der Waals surface area contributed by atoms with Gasteiger partial charge < -0.3 is 10.5 Å². The van der Waals surface area contributed by atoms with Crippen LogP contribution in [0.5, 0.6) is 0 Å². The topological polar surface area (TPSA) is 48.1 Å². The zero-order chi connectivity index (χ0) is 12.1. The van der Waals surface area contributed by atoms with Crippen molar-refractivity contribution in [1.82, 2.24) is 4.98 Å². The predicted octanol–water partition coefficient (Wildman–Crippen LogP) is 3.14. The minimum absolute atomic E-state index is 0.398. The lowest BCUT2D eigenvalue weighted by atomic mass is 10.3. The number of hydrogen-bond acceptors (Lipinski definition) is 4. The van der Waals surface area contributed by atoms with E-state index in [-0.39, 0.29) is 0 Å². The summed E-state index contributed by atoms with van der Waals surface area (Å²) in [6.45, 7) is 1.06. The molecule has 17 heavy (non-hydrogen) atoms. The lowest BCUT2D eigenvalue weighted by Gasteiger charge is -2.05. The molecule has 0 spiro atoms. The summed E-state index contributed by atoms with van der Waals surface area (Å²) in [4.78, 5) is 5.45. The molecule has 5 heteroatoms. The number of aromatic nitrogens is 1. The molecular formula is C12H13ClN2OS. The van der Waals surface area contributed by atoms with Crippen LogP contribution in [0.4, 0.5) is 5.82 Å². The van der Waals surface area contributed by atoms with Crippen molar-refractivity contribution in [3.8, 4) is 0 Å². The van der Waals surface area contributed by atoms with Gasteiger partial charge >= 0.3 is 0 Å². The molecule has 0 aliphatic heterocycles. The van der Waals surface area contributed by atoms with Gasteiger partial charge in [0.15, 0.2) is 0 Å². The largest absolute Gasteiger partial charge is 0.384 e. The zero-order valence-corrected chi connectivity index (χ0v) is 10.8. The molecule has 0 amide bonds. The smallest absolute Gasteiger partial charge is 0.123 e. The van der Waals surface area contributed by atoms with Gasteiger partial charge in [-0.25, -0.2) is 4.98 Å². The van der Waals surface area contributed by atoms with Crippen molar-refractivity contribution >= 4 is 28.8 Å². The fourth-order valence-electron chi connectivity index (χ4n) is 1.40. The molecule has 90 valence electrons. The third kappa shape index (κ3) is 3.70. The SMILES string of the molecule is Nc1ccc(Cl)c(COCCc2cccs2)n1. The van der Waals surface area contributed by atoms with Crippen molar-refractivity contribution in [2.24, 2.45) is 0 Å². The number of halogens is 1. The van der Waals surface area contributed by atoms with Gasteiger partial charge in [0, 0.05) is 11.3 Å². The molecule has 0 saturated heterocycles. The van der Waals surface area contributed by atoms with Gasteiger partial charge in [0.25, 0.3) is 0 Å². The average Bonchev–Trinajstić information content (AvgIpc) is 2.82. The molecule has 3 nitrogen and oxygen atoms in total. The Morgan fingerprint density at radius 3 is 3.00 bits per heavy atom. The van der Waals surface area contributed by atoms with Crippen LogP contribution in [0.2, 0.25) is 5.02 Å². The van der Waals surface area contributed by atoms with Crippen LogP contribution in [0.15, 0.2) is 29.6 Å². The molecule has 2 N–H and O–H groups in total. The number of thiophene rings is 1. The fraction of sp³-hybridized carbons (Fsp3) is 0.250. The summed E-state index contributed by atoms with van der Waals surface area (Å²) >= 11 is 7.71. The summed E-state index contributed by atoms with van der Waals surface area (Å²) in [6.07, 6.45) is 0.914. The van der Waals surface area contributed by atoms with Crippen molar-refractivity contribution in [2.45, 2.75) is 13.0 Å². The Bertz CT molecular complexity index is 473. The molecule has 0 unspecified atom stereocenters. The lowest BCUT2D eigenvalue weighted by Crippen LogP contribution is -2.02. The Balaban J connectivity index is 1.80. The monoisotopic (exact) mass is 268 g/mol. The molecule has 0 atom stereocenters. The standard InChI is InChI=1S/C12H13ClN2OS/c13-10-3-4-12(14)15-11(10)8-16-6-5-9-2-1-7-17-9/h1-4,7H,5-6,8H2,(H2,14,15). The van der Waals surface area contributed by atoms with Crippen LogP contribution in [0.25, 0.3) is 0 Å². The Kier molecular flexibility index (Phi) is 4.36. The van der Waals surface area contributed by atoms with Crippen LogP contribution in [-0.4, -0.2) is 11.6 Å². The highest BCUT2D eigenvalue weighted by atomic mass is 35.5. The Morgan fingerprint density at radius 2 is 2.24 bits per heavy atom. The van der Waals surface area contributed by atoms with E-state index in [0.717, 1.165) is 6.42 Å². The van der Waals surface area contributed by atoms with Crippen LogP contribution in [-0.2, 0) is 17.8 Å². The van der Waals surface area contributed by atoms with Crippen LogP contribution in [0.1, 0.15) is 10.6 Å². The molecule has 0 aromatic carbocycles. The van der Waals surface area contributed by atoms with E-state index >= 15 is 0 Å². The number of hydrogen-bond donors (Lipinski definition) is 1. The molecule has 0 aliphatic carbocycles. The second-order valence-electron chi connectivity index (χ2n) is 3.55. The van der Waals surface area contributed by atoms with E-state index in [1.54, 1.807) is 23.5 Å². The van der Waals surface area contributed by atoms with E-state index in [1.165, 1.54) is 4.88 Å². The van der Waals surface area contributed by atoms with Gasteiger partial charge in [-0.1, -0.05) is 17.7 Å². The molecule has 0 aliphatic rings. The normalized spacial score (nSPS) is 10.6. The number of nitrogen functional groups attached to an aromatic ring is 1. The highest BCUT2D eigenvalue weighted by Gasteiger charge is 2.03. The van der Waals surface area contributed by atoms with E-state index in [0.29, 0.717) is 29.7 Å². The van der Waals surface area contributed by atoms with Crippen LogP contribution in [0, 0.1) is 0 Å². The summed E-state index contributed by atoms with van der Waals surface area (Å²) in [5, 5.41) is 2.65. The van der Waals surface area contributed by atoms with E-state index in [4.69, 9.17) is 22.1 Å². The molecular weight excluding hydrogens is 256 g/mol. The summed E-state index contributed by atoms with van der Waals surface area (Å²) in [7, 11) is 0. The molecule has 2 rings (SSSR count). The van der Waals surface area contributed by atoms with Crippen molar-refractivity contribution in [1.29, 1.82) is 0 Å². The number of ether oxygens (including phenoxy) is 1. The van der Waals surface area contributed by atoms with Gasteiger partial charge in [-0.05, 0) is 23.6 Å². The van der Waals surface area contributed by atoms with E-state index in [1.807, 2.05) is 6.07 Å².